The lowest BCUT2D eigenvalue weighted by atomic mass is 10.1. The van der Waals surface area contributed by atoms with Gasteiger partial charge in [-0.15, -0.1) is 0 Å². The lowest BCUT2D eigenvalue weighted by Gasteiger charge is -2.23. The van der Waals surface area contributed by atoms with Crippen molar-refractivity contribution in [3.8, 4) is 0 Å². The molecule has 0 radical (unpaired) electrons. The predicted molar refractivity (Wildman–Crippen MR) is 80.9 cm³/mol. The van der Waals surface area contributed by atoms with Crippen LogP contribution in [0.4, 0.5) is 0 Å². The van der Waals surface area contributed by atoms with E-state index in [1.54, 1.807) is 0 Å². The highest BCUT2D eigenvalue weighted by Gasteiger charge is 2.30. The van der Waals surface area contributed by atoms with E-state index in [-0.39, 0.29) is 11.8 Å². The summed E-state index contributed by atoms with van der Waals surface area (Å²) in [5.74, 6) is 0.580. The number of thiocarbonyl (C=S) groups is 1. The normalized spacial score (nSPS) is 21.7. The number of nitrogens with two attached hydrogens (primary N) is 1. The zero-order valence-electron chi connectivity index (χ0n) is 10.9. The summed E-state index contributed by atoms with van der Waals surface area (Å²) in [6, 6.07) is 7.89. The smallest absolute Gasteiger partial charge is 0.151 e. The van der Waals surface area contributed by atoms with Gasteiger partial charge in [-0.2, -0.15) is 0 Å². The van der Waals surface area contributed by atoms with Gasteiger partial charge < -0.3 is 5.73 Å². The van der Waals surface area contributed by atoms with E-state index in [0.717, 1.165) is 24.1 Å². The maximum Gasteiger partial charge on any atom is 0.151 e. The van der Waals surface area contributed by atoms with Crippen LogP contribution in [0.3, 0.4) is 0 Å². The molecule has 1 aromatic carbocycles. The van der Waals surface area contributed by atoms with Gasteiger partial charge in [0.2, 0.25) is 0 Å². The van der Waals surface area contributed by atoms with Gasteiger partial charge in [0, 0.05) is 18.2 Å². The van der Waals surface area contributed by atoms with Crippen LogP contribution in [-0.2, 0) is 16.4 Å². The summed E-state index contributed by atoms with van der Waals surface area (Å²) in [6.45, 7) is 0.734. The van der Waals surface area contributed by atoms with Gasteiger partial charge in [0.25, 0.3) is 0 Å². The first-order valence-electron chi connectivity index (χ1n) is 6.17. The van der Waals surface area contributed by atoms with Gasteiger partial charge in [-0.1, -0.05) is 36.5 Å². The second kappa shape index (κ2) is 5.56. The first-order valence-corrected chi connectivity index (χ1v) is 8.40. The van der Waals surface area contributed by atoms with Crippen LogP contribution in [0.15, 0.2) is 24.3 Å². The molecule has 104 valence electrons. The van der Waals surface area contributed by atoms with Gasteiger partial charge >= 0.3 is 0 Å². The van der Waals surface area contributed by atoms with Gasteiger partial charge in [-0.3, -0.25) is 4.90 Å². The van der Waals surface area contributed by atoms with E-state index in [2.05, 4.69) is 4.90 Å². The molecule has 0 aromatic heterocycles. The molecule has 1 fully saturated rings. The first kappa shape index (κ1) is 14.4. The highest BCUT2D eigenvalue weighted by molar-refractivity contribution is 7.91. The van der Waals surface area contributed by atoms with Crippen LogP contribution >= 0.6 is 12.2 Å². The molecule has 1 aromatic rings. The first-order chi connectivity index (χ1) is 8.87. The Balaban J connectivity index is 1.99. The quantitative estimate of drug-likeness (QED) is 0.838. The minimum absolute atomic E-state index is 0.125. The summed E-state index contributed by atoms with van der Waals surface area (Å²) in [6.07, 6.45) is 0.726. The summed E-state index contributed by atoms with van der Waals surface area (Å²) >= 11 is 4.91. The molecular formula is C13H18N2O2S2. The van der Waals surface area contributed by atoms with Crippen LogP contribution in [-0.4, -0.2) is 42.9 Å². The monoisotopic (exact) mass is 298 g/mol. The molecule has 1 aliphatic heterocycles. The van der Waals surface area contributed by atoms with Gasteiger partial charge in [-0.25, -0.2) is 8.42 Å². The van der Waals surface area contributed by atoms with E-state index in [1.807, 2.05) is 31.3 Å². The minimum Gasteiger partial charge on any atom is -0.389 e. The molecule has 0 saturated carbocycles. The number of rotatable bonds is 4. The van der Waals surface area contributed by atoms with Crippen LogP contribution in [0.5, 0.6) is 0 Å². The third kappa shape index (κ3) is 3.75. The topological polar surface area (TPSA) is 63.4 Å². The molecular weight excluding hydrogens is 280 g/mol. The van der Waals surface area contributed by atoms with E-state index in [1.165, 1.54) is 0 Å². The number of nitrogens with zero attached hydrogens (tertiary/aromatic N) is 1. The second-order valence-corrected chi connectivity index (χ2v) is 7.70. The molecule has 4 nitrogen and oxygen atoms in total. The van der Waals surface area contributed by atoms with E-state index in [4.69, 9.17) is 18.0 Å². The maximum absolute atomic E-state index is 11.5. The Hall–Kier alpha value is -0.980. The molecule has 1 atom stereocenters. The van der Waals surface area contributed by atoms with Crippen molar-refractivity contribution in [2.45, 2.75) is 19.0 Å². The van der Waals surface area contributed by atoms with E-state index < -0.39 is 9.84 Å². The standard InChI is InChI=1S/C13H18N2O2S2/c1-15(12-6-7-19(16,17)9-12)8-10-2-4-11(5-3-10)13(14)18/h2-5,12H,6-9H2,1H3,(H2,14,18). The number of hydrogen-bond acceptors (Lipinski definition) is 4. The van der Waals surface area contributed by atoms with Crippen molar-refractivity contribution in [3.05, 3.63) is 35.4 Å². The molecule has 1 aliphatic rings. The molecule has 0 spiro atoms. The van der Waals surface area contributed by atoms with Gasteiger partial charge in [0.1, 0.15) is 4.99 Å². The number of hydrogen-bond donors (Lipinski definition) is 1. The summed E-state index contributed by atoms with van der Waals surface area (Å²) in [5, 5.41) is 0. The van der Waals surface area contributed by atoms with Crippen molar-refractivity contribution in [1.82, 2.24) is 4.90 Å². The van der Waals surface area contributed by atoms with Crippen molar-refractivity contribution in [1.29, 1.82) is 0 Å². The summed E-state index contributed by atoms with van der Waals surface area (Å²) < 4.78 is 22.9. The second-order valence-electron chi connectivity index (χ2n) is 5.03. The Morgan fingerprint density at radius 2 is 2.05 bits per heavy atom. The molecule has 19 heavy (non-hydrogen) atoms. The molecule has 6 heteroatoms. The third-order valence-electron chi connectivity index (χ3n) is 3.50. The Morgan fingerprint density at radius 3 is 2.53 bits per heavy atom. The van der Waals surface area contributed by atoms with Crippen LogP contribution in [0.1, 0.15) is 17.5 Å². The van der Waals surface area contributed by atoms with E-state index in [9.17, 15) is 8.42 Å². The Morgan fingerprint density at radius 1 is 1.42 bits per heavy atom. The lowest BCUT2D eigenvalue weighted by molar-refractivity contribution is 0.254. The minimum atomic E-state index is -2.83. The molecule has 0 amide bonds. The molecule has 2 N–H and O–H groups in total. The highest BCUT2D eigenvalue weighted by atomic mass is 32.2. The molecule has 1 heterocycles. The van der Waals surface area contributed by atoms with Gasteiger partial charge in [-0.05, 0) is 19.0 Å². The van der Waals surface area contributed by atoms with E-state index >= 15 is 0 Å². The SMILES string of the molecule is CN(Cc1ccc(C(N)=S)cc1)C1CCS(=O)(=O)C1. The number of sulfone groups is 1. The van der Waals surface area contributed by atoms with Crippen molar-refractivity contribution < 1.29 is 8.42 Å². The van der Waals surface area contributed by atoms with Crippen molar-refractivity contribution in [2.75, 3.05) is 18.6 Å². The Bertz CT molecular complexity index is 567. The fraction of sp³-hybridized carbons (Fsp3) is 0.462. The summed E-state index contributed by atoms with van der Waals surface area (Å²) in [4.78, 5) is 2.49. The van der Waals surface area contributed by atoms with Gasteiger partial charge in [0.15, 0.2) is 9.84 Å². The lowest BCUT2D eigenvalue weighted by Crippen LogP contribution is -2.32. The average molecular weight is 298 g/mol. The summed E-state index contributed by atoms with van der Waals surface area (Å²) in [7, 11) is -0.861. The fourth-order valence-electron chi connectivity index (χ4n) is 2.31. The molecule has 2 rings (SSSR count). The summed E-state index contributed by atoms with van der Waals surface area (Å²) in [5.41, 5.74) is 7.53. The van der Waals surface area contributed by atoms with Crippen LogP contribution in [0, 0.1) is 0 Å². The Labute approximate surface area is 119 Å². The Kier molecular flexibility index (Phi) is 4.23. The maximum atomic E-state index is 11.5. The average Bonchev–Trinajstić information content (AvgIpc) is 2.70. The van der Waals surface area contributed by atoms with Crippen molar-refractivity contribution >= 4 is 27.0 Å². The highest BCUT2D eigenvalue weighted by Crippen LogP contribution is 2.18. The van der Waals surface area contributed by atoms with Crippen LogP contribution in [0.25, 0.3) is 0 Å². The van der Waals surface area contributed by atoms with Crippen LogP contribution in [0.2, 0.25) is 0 Å². The zero-order chi connectivity index (χ0) is 14.0. The van der Waals surface area contributed by atoms with E-state index in [0.29, 0.717) is 10.7 Å². The number of benzene rings is 1. The molecule has 0 bridgehead atoms. The molecule has 1 unspecified atom stereocenters. The van der Waals surface area contributed by atoms with Crippen molar-refractivity contribution in [2.24, 2.45) is 5.73 Å². The van der Waals surface area contributed by atoms with Gasteiger partial charge in [0.05, 0.1) is 11.5 Å². The van der Waals surface area contributed by atoms with Crippen LogP contribution < -0.4 is 5.73 Å². The zero-order valence-corrected chi connectivity index (χ0v) is 12.5. The fourth-order valence-corrected chi connectivity index (χ4v) is 4.26. The third-order valence-corrected chi connectivity index (χ3v) is 5.49. The largest absolute Gasteiger partial charge is 0.389 e. The predicted octanol–water partition coefficient (Wildman–Crippen LogP) is 0.940. The molecule has 0 aliphatic carbocycles. The molecule has 1 saturated heterocycles. The van der Waals surface area contributed by atoms with Crippen molar-refractivity contribution in [3.63, 3.8) is 0 Å².